The molecule has 1 unspecified atom stereocenters. The number of benzene rings is 1. The van der Waals surface area contributed by atoms with Gasteiger partial charge >= 0.3 is 11.8 Å². The second-order valence-corrected chi connectivity index (χ2v) is 9.38. The van der Waals surface area contributed by atoms with E-state index in [4.69, 9.17) is 0 Å². The van der Waals surface area contributed by atoms with Crippen LogP contribution in [0.3, 0.4) is 0 Å². The molecule has 2 rings (SSSR count). The van der Waals surface area contributed by atoms with Gasteiger partial charge in [0.05, 0.1) is 17.2 Å². The standard InChI is InChI=1S/C16H22BrN3O4S/c1-19(2)8-9-20(12-7-10-25(23,24)11-12)16(22)15(21)18-14-6-4-3-5-13(14)17/h3-6,12H,7-11H2,1-2H3,(H,18,21). The summed E-state index contributed by atoms with van der Waals surface area (Å²) in [7, 11) is 0.562. The average molecular weight is 432 g/mol. The van der Waals surface area contributed by atoms with Crippen LogP contribution in [0.15, 0.2) is 28.7 Å². The molecule has 25 heavy (non-hydrogen) atoms. The summed E-state index contributed by atoms with van der Waals surface area (Å²) in [5.74, 6) is -1.52. The summed E-state index contributed by atoms with van der Waals surface area (Å²) in [6.45, 7) is 0.847. The maximum Gasteiger partial charge on any atom is 0.313 e. The smallest absolute Gasteiger partial charge is 0.313 e. The largest absolute Gasteiger partial charge is 0.329 e. The van der Waals surface area contributed by atoms with Crippen molar-refractivity contribution in [3.63, 3.8) is 0 Å². The number of rotatable bonds is 5. The number of nitrogens with zero attached hydrogens (tertiary/aromatic N) is 2. The molecule has 0 aliphatic carbocycles. The first kappa shape index (κ1) is 19.9. The minimum atomic E-state index is -3.15. The second-order valence-electron chi connectivity index (χ2n) is 6.29. The van der Waals surface area contributed by atoms with Gasteiger partial charge in [-0.15, -0.1) is 0 Å². The maximum atomic E-state index is 12.7. The number of hydrogen-bond acceptors (Lipinski definition) is 5. The van der Waals surface area contributed by atoms with Crippen LogP contribution in [0, 0.1) is 0 Å². The average Bonchev–Trinajstić information content (AvgIpc) is 2.89. The van der Waals surface area contributed by atoms with Gasteiger partial charge in [0, 0.05) is 23.6 Å². The first-order chi connectivity index (χ1) is 11.7. The Morgan fingerprint density at radius 1 is 1.24 bits per heavy atom. The zero-order valence-corrected chi connectivity index (χ0v) is 16.6. The van der Waals surface area contributed by atoms with E-state index >= 15 is 0 Å². The number of para-hydroxylation sites is 1. The van der Waals surface area contributed by atoms with Crippen LogP contribution in [0.2, 0.25) is 0 Å². The van der Waals surface area contributed by atoms with Gasteiger partial charge < -0.3 is 15.1 Å². The Morgan fingerprint density at radius 2 is 1.92 bits per heavy atom. The summed E-state index contributed by atoms with van der Waals surface area (Å²) in [4.78, 5) is 28.3. The van der Waals surface area contributed by atoms with E-state index < -0.39 is 27.7 Å². The molecule has 0 aromatic heterocycles. The fourth-order valence-electron chi connectivity index (χ4n) is 2.65. The molecular weight excluding hydrogens is 410 g/mol. The van der Waals surface area contributed by atoms with E-state index in [2.05, 4.69) is 21.2 Å². The van der Waals surface area contributed by atoms with E-state index in [-0.39, 0.29) is 11.5 Å². The normalized spacial score (nSPS) is 19.0. The molecule has 2 amide bonds. The van der Waals surface area contributed by atoms with Crippen LogP contribution in [0.1, 0.15) is 6.42 Å². The topological polar surface area (TPSA) is 86.8 Å². The molecular formula is C16H22BrN3O4S. The predicted molar refractivity (Wildman–Crippen MR) is 100 cm³/mol. The molecule has 1 atom stereocenters. The van der Waals surface area contributed by atoms with E-state index in [0.717, 1.165) is 0 Å². The lowest BCUT2D eigenvalue weighted by molar-refractivity contribution is -0.144. The van der Waals surface area contributed by atoms with Crippen LogP contribution in [0.5, 0.6) is 0 Å². The Bertz CT molecular complexity index is 752. The van der Waals surface area contributed by atoms with Gasteiger partial charge in [-0.2, -0.15) is 0 Å². The third-order valence-corrected chi connectivity index (χ3v) is 6.46. The number of sulfone groups is 1. The highest BCUT2D eigenvalue weighted by molar-refractivity contribution is 9.10. The lowest BCUT2D eigenvalue weighted by Gasteiger charge is -2.28. The van der Waals surface area contributed by atoms with Crippen molar-refractivity contribution in [1.82, 2.24) is 9.80 Å². The van der Waals surface area contributed by atoms with Crippen LogP contribution in [-0.4, -0.2) is 74.8 Å². The summed E-state index contributed by atoms with van der Waals surface area (Å²) in [6.07, 6.45) is 0.365. The second kappa shape index (κ2) is 8.29. The highest BCUT2D eigenvalue weighted by Crippen LogP contribution is 2.22. The molecule has 0 spiro atoms. The molecule has 0 radical (unpaired) electrons. The zero-order valence-electron chi connectivity index (χ0n) is 14.2. The lowest BCUT2D eigenvalue weighted by atomic mass is 10.2. The van der Waals surface area contributed by atoms with Gasteiger partial charge in [0.2, 0.25) is 0 Å². The molecule has 0 bridgehead atoms. The molecule has 7 nitrogen and oxygen atoms in total. The van der Waals surface area contributed by atoms with E-state index in [0.29, 0.717) is 29.7 Å². The van der Waals surface area contributed by atoms with Crippen molar-refractivity contribution in [1.29, 1.82) is 0 Å². The number of likely N-dealkylation sites (N-methyl/N-ethyl adjacent to an activating group) is 1. The third kappa shape index (κ3) is 5.52. The highest BCUT2D eigenvalue weighted by Gasteiger charge is 2.36. The quantitative estimate of drug-likeness (QED) is 0.701. The number of halogens is 1. The Hall–Kier alpha value is -1.45. The number of hydrogen-bond donors (Lipinski definition) is 1. The van der Waals surface area contributed by atoms with Crippen molar-refractivity contribution in [3.05, 3.63) is 28.7 Å². The van der Waals surface area contributed by atoms with Crippen molar-refractivity contribution >= 4 is 43.3 Å². The molecule has 1 N–H and O–H groups in total. The van der Waals surface area contributed by atoms with Crippen LogP contribution in [0.25, 0.3) is 0 Å². The SMILES string of the molecule is CN(C)CCN(C(=O)C(=O)Nc1ccccc1Br)C1CCS(=O)(=O)C1. The number of anilines is 1. The molecule has 1 aliphatic heterocycles. The Morgan fingerprint density at radius 3 is 2.48 bits per heavy atom. The van der Waals surface area contributed by atoms with Gasteiger partial charge in [-0.3, -0.25) is 9.59 Å². The Kier molecular flexibility index (Phi) is 6.59. The summed E-state index contributed by atoms with van der Waals surface area (Å²) in [5, 5.41) is 2.58. The molecule has 1 saturated heterocycles. The molecule has 1 aromatic rings. The first-order valence-corrected chi connectivity index (χ1v) is 10.5. The minimum Gasteiger partial charge on any atom is -0.329 e. The van der Waals surface area contributed by atoms with Crippen LogP contribution < -0.4 is 5.32 Å². The molecule has 1 fully saturated rings. The summed E-state index contributed by atoms with van der Waals surface area (Å²) in [5.41, 5.74) is 0.493. The lowest BCUT2D eigenvalue weighted by Crippen LogP contribution is -2.48. The van der Waals surface area contributed by atoms with Crippen molar-refractivity contribution in [2.24, 2.45) is 0 Å². The maximum absolute atomic E-state index is 12.7. The van der Waals surface area contributed by atoms with Gasteiger partial charge in [0.25, 0.3) is 0 Å². The third-order valence-electron chi connectivity index (χ3n) is 4.01. The van der Waals surface area contributed by atoms with Gasteiger partial charge in [0.1, 0.15) is 0 Å². The van der Waals surface area contributed by atoms with E-state index in [1.807, 2.05) is 19.0 Å². The summed E-state index contributed by atoms with van der Waals surface area (Å²) in [6, 6.07) is 6.53. The van der Waals surface area contributed by atoms with Crippen molar-refractivity contribution in [2.45, 2.75) is 12.5 Å². The fourth-order valence-corrected chi connectivity index (χ4v) is 4.76. The highest BCUT2D eigenvalue weighted by atomic mass is 79.9. The predicted octanol–water partition coefficient (Wildman–Crippen LogP) is 0.965. The molecule has 9 heteroatoms. The first-order valence-electron chi connectivity index (χ1n) is 7.91. The molecule has 1 aliphatic rings. The fraction of sp³-hybridized carbons (Fsp3) is 0.500. The number of amides is 2. The van der Waals surface area contributed by atoms with E-state index in [9.17, 15) is 18.0 Å². The Balaban J connectivity index is 2.13. The van der Waals surface area contributed by atoms with E-state index in [1.165, 1.54) is 4.90 Å². The van der Waals surface area contributed by atoms with E-state index in [1.54, 1.807) is 24.3 Å². The monoisotopic (exact) mass is 431 g/mol. The molecule has 1 aromatic carbocycles. The number of carbonyl (C=O) groups is 2. The van der Waals surface area contributed by atoms with Gasteiger partial charge in [-0.1, -0.05) is 12.1 Å². The van der Waals surface area contributed by atoms with Crippen LogP contribution in [-0.2, 0) is 19.4 Å². The van der Waals surface area contributed by atoms with Crippen molar-refractivity contribution in [3.8, 4) is 0 Å². The molecule has 138 valence electrons. The zero-order chi connectivity index (χ0) is 18.6. The van der Waals surface area contributed by atoms with Crippen LogP contribution in [0.4, 0.5) is 5.69 Å². The molecule has 0 saturated carbocycles. The minimum absolute atomic E-state index is 0.0509. The van der Waals surface area contributed by atoms with Gasteiger partial charge in [0.15, 0.2) is 9.84 Å². The summed E-state index contributed by atoms with van der Waals surface area (Å²) < 4.78 is 24.2. The van der Waals surface area contributed by atoms with Crippen LogP contribution >= 0.6 is 15.9 Å². The van der Waals surface area contributed by atoms with Gasteiger partial charge in [-0.25, -0.2) is 8.42 Å². The van der Waals surface area contributed by atoms with Crippen molar-refractivity contribution in [2.75, 3.05) is 44.0 Å². The number of nitrogens with one attached hydrogen (secondary N) is 1. The summed E-state index contributed by atoms with van der Waals surface area (Å²) >= 11 is 3.32. The van der Waals surface area contributed by atoms with Gasteiger partial charge in [-0.05, 0) is 48.6 Å². The Labute approximate surface area is 156 Å². The number of carbonyl (C=O) groups excluding carboxylic acids is 2. The molecule has 1 heterocycles. The van der Waals surface area contributed by atoms with Crippen molar-refractivity contribution < 1.29 is 18.0 Å².